The van der Waals surface area contributed by atoms with Gasteiger partial charge in [0.05, 0.1) is 5.75 Å². The van der Waals surface area contributed by atoms with Crippen LogP contribution in [0.3, 0.4) is 0 Å². The summed E-state index contributed by atoms with van der Waals surface area (Å²) in [6, 6.07) is 0. The van der Waals surface area contributed by atoms with Gasteiger partial charge in [0.1, 0.15) is 6.61 Å². The summed E-state index contributed by atoms with van der Waals surface area (Å²) >= 11 is 15.7. The van der Waals surface area contributed by atoms with E-state index < -0.39 is 20.5 Å². The SMILES string of the molecule is Br.NCCS(=O)(=O)OCC(Cl)(Cl)Cl. The monoisotopic (exact) mass is 335 g/mol. The lowest BCUT2D eigenvalue weighted by atomic mass is 10.8. The van der Waals surface area contributed by atoms with Crippen molar-refractivity contribution in [2.24, 2.45) is 5.73 Å². The van der Waals surface area contributed by atoms with E-state index in [1.165, 1.54) is 0 Å². The lowest BCUT2D eigenvalue weighted by molar-refractivity contribution is 0.326. The molecule has 0 heterocycles. The van der Waals surface area contributed by atoms with Crippen molar-refractivity contribution in [1.29, 1.82) is 0 Å². The molecule has 82 valence electrons. The number of hydrogen-bond donors (Lipinski definition) is 1. The highest BCUT2D eigenvalue weighted by molar-refractivity contribution is 8.93. The van der Waals surface area contributed by atoms with Crippen LogP contribution in [0.1, 0.15) is 0 Å². The zero-order valence-electron chi connectivity index (χ0n) is 6.37. The molecule has 0 aliphatic carbocycles. The van der Waals surface area contributed by atoms with E-state index in [1.807, 2.05) is 0 Å². The average Bonchev–Trinajstić information content (AvgIpc) is 1.83. The van der Waals surface area contributed by atoms with Crippen molar-refractivity contribution in [3.63, 3.8) is 0 Å². The fourth-order valence-electron chi connectivity index (χ4n) is 0.360. The molecule has 2 N–H and O–H groups in total. The van der Waals surface area contributed by atoms with Crippen molar-refractivity contribution in [3.05, 3.63) is 0 Å². The Morgan fingerprint density at radius 2 is 1.77 bits per heavy atom. The van der Waals surface area contributed by atoms with Crippen LogP contribution in [0.4, 0.5) is 0 Å². The zero-order chi connectivity index (χ0) is 9.83. The van der Waals surface area contributed by atoms with Gasteiger partial charge in [-0.2, -0.15) is 8.42 Å². The van der Waals surface area contributed by atoms with Crippen LogP contribution < -0.4 is 5.73 Å². The average molecular weight is 337 g/mol. The molecule has 0 aromatic carbocycles. The molecule has 0 aliphatic rings. The second kappa shape index (κ2) is 6.66. The Morgan fingerprint density at radius 3 is 2.08 bits per heavy atom. The molecular formula is C4H9BrCl3NO3S. The molecule has 0 aromatic heterocycles. The molecule has 9 heteroatoms. The Kier molecular flexibility index (Phi) is 8.52. The molecule has 0 unspecified atom stereocenters. The lowest BCUT2D eigenvalue weighted by Gasteiger charge is -2.10. The van der Waals surface area contributed by atoms with Crippen LogP contribution in [0, 0.1) is 0 Å². The third-order valence-electron chi connectivity index (χ3n) is 0.770. The van der Waals surface area contributed by atoms with Crippen LogP contribution in [0.2, 0.25) is 0 Å². The zero-order valence-corrected chi connectivity index (χ0v) is 11.2. The quantitative estimate of drug-likeness (QED) is 0.619. The molecule has 0 aromatic rings. The van der Waals surface area contributed by atoms with Crippen LogP contribution in [0.15, 0.2) is 0 Å². The smallest absolute Gasteiger partial charge is 0.268 e. The molecule has 0 spiro atoms. The summed E-state index contributed by atoms with van der Waals surface area (Å²) in [5.41, 5.74) is 5.00. The van der Waals surface area contributed by atoms with Crippen molar-refractivity contribution >= 4 is 61.9 Å². The van der Waals surface area contributed by atoms with Gasteiger partial charge in [-0.05, 0) is 0 Å². The molecule has 0 radical (unpaired) electrons. The second-order valence-corrected chi connectivity index (χ2v) is 6.20. The van der Waals surface area contributed by atoms with Gasteiger partial charge in [0.15, 0.2) is 0 Å². The summed E-state index contributed by atoms with van der Waals surface area (Å²) in [7, 11) is -3.64. The summed E-state index contributed by atoms with van der Waals surface area (Å²) in [5, 5.41) is 0. The Labute approximate surface area is 103 Å². The van der Waals surface area contributed by atoms with E-state index in [2.05, 4.69) is 4.18 Å². The summed E-state index contributed by atoms with van der Waals surface area (Å²) in [6.45, 7) is -0.526. The van der Waals surface area contributed by atoms with Gasteiger partial charge < -0.3 is 5.73 Å². The third-order valence-corrected chi connectivity index (χ3v) is 2.31. The first kappa shape index (κ1) is 16.6. The maximum absolute atomic E-state index is 10.8. The van der Waals surface area contributed by atoms with E-state index in [4.69, 9.17) is 40.5 Å². The van der Waals surface area contributed by atoms with Gasteiger partial charge in [-0.1, -0.05) is 34.8 Å². The normalized spacial score (nSPS) is 12.3. The second-order valence-electron chi connectivity index (χ2n) is 1.93. The van der Waals surface area contributed by atoms with Gasteiger partial charge in [0.2, 0.25) is 3.79 Å². The van der Waals surface area contributed by atoms with Gasteiger partial charge in [-0.15, -0.1) is 17.0 Å². The molecule has 0 rings (SSSR count). The topological polar surface area (TPSA) is 69.4 Å². The predicted octanol–water partition coefficient (Wildman–Crippen LogP) is 1.24. The number of rotatable bonds is 4. The van der Waals surface area contributed by atoms with Crippen LogP contribution in [-0.4, -0.2) is 31.1 Å². The summed E-state index contributed by atoms with van der Waals surface area (Å²) in [6.07, 6.45) is 0. The van der Waals surface area contributed by atoms with Gasteiger partial charge in [-0.25, -0.2) is 0 Å². The van der Waals surface area contributed by atoms with E-state index in [9.17, 15) is 8.42 Å². The minimum Gasteiger partial charge on any atom is -0.329 e. The molecule has 0 aliphatic heterocycles. The van der Waals surface area contributed by atoms with Gasteiger partial charge in [0, 0.05) is 6.54 Å². The number of halogens is 4. The first-order valence-electron chi connectivity index (χ1n) is 2.91. The van der Waals surface area contributed by atoms with E-state index in [0.717, 1.165) is 0 Å². The van der Waals surface area contributed by atoms with Crippen molar-refractivity contribution in [2.45, 2.75) is 3.79 Å². The fraction of sp³-hybridized carbons (Fsp3) is 1.00. The maximum atomic E-state index is 10.8. The first-order chi connectivity index (χ1) is 5.27. The number of hydrogen-bond acceptors (Lipinski definition) is 4. The molecule has 0 fully saturated rings. The molecule has 0 saturated heterocycles. The number of nitrogens with two attached hydrogens (primary N) is 1. The van der Waals surface area contributed by atoms with E-state index in [0.29, 0.717) is 0 Å². The molecule has 0 bridgehead atoms. The molecule has 0 atom stereocenters. The first-order valence-corrected chi connectivity index (χ1v) is 5.62. The largest absolute Gasteiger partial charge is 0.329 e. The van der Waals surface area contributed by atoms with Crippen LogP contribution >= 0.6 is 51.8 Å². The summed E-state index contributed by atoms with van der Waals surface area (Å²) in [5.74, 6) is -0.284. The Hall–Kier alpha value is 1.22. The number of alkyl halides is 3. The highest BCUT2D eigenvalue weighted by Crippen LogP contribution is 2.26. The third kappa shape index (κ3) is 11.1. The van der Waals surface area contributed by atoms with Crippen LogP contribution in [0.25, 0.3) is 0 Å². The Bertz CT molecular complexity index is 227. The summed E-state index contributed by atoms with van der Waals surface area (Å²) in [4.78, 5) is 0. The predicted molar refractivity (Wildman–Crippen MR) is 59.4 cm³/mol. The van der Waals surface area contributed by atoms with Crippen molar-refractivity contribution in [1.82, 2.24) is 0 Å². The maximum Gasteiger partial charge on any atom is 0.268 e. The fourth-order valence-corrected chi connectivity index (χ4v) is 1.48. The minimum atomic E-state index is -3.64. The van der Waals surface area contributed by atoms with Gasteiger partial charge >= 0.3 is 0 Å². The Morgan fingerprint density at radius 1 is 1.31 bits per heavy atom. The molecule has 0 saturated carbocycles. The van der Waals surface area contributed by atoms with Gasteiger partial charge in [0.25, 0.3) is 10.1 Å². The van der Waals surface area contributed by atoms with Crippen LogP contribution in [0.5, 0.6) is 0 Å². The van der Waals surface area contributed by atoms with E-state index in [1.54, 1.807) is 0 Å². The minimum absolute atomic E-state index is 0. The molecular weight excluding hydrogens is 328 g/mol. The van der Waals surface area contributed by atoms with Crippen molar-refractivity contribution in [3.8, 4) is 0 Å². The van der Waals surface area contributed by atoms with Gasteiger partial charge in [-0.3, -0.25) is 4.18 Å². The van der Waals surface area contributed by atoms with Crippen LogP contribution in [-0.2, 0) is 14.3 Å². The highest BCUT2D eigenvalue weighted by atomic mass is 79.9. The van der Waals surface area contributed by atoms with E-state index in [-0.39, 0.29) is 29.3 Å². The van der Waals surface area contributed by atoms with Crippen molar-refractivity contribution < 1.29 is 12.6 Å². The molecule has 4 nitrogen and oxygen atoms in total. The van der Waals surface area contributed by atoms with E-state index >= 15 is 0 Å². The van der Waals surface area contributed by atoms with Crippen molar-refractivity contribution in [2.75, 3.05) is 18.9 Å². The standard InChI is InChI=1S/C4H8Cl3NO3S.BrH/c5-4(6,7)3-11-12(9,10)2-1-8;/h1-3,8H2;1H. The molecule has 0 amide bonds. The Balaban J connectivity index is 0. The summed E-state index contributed by atoms with van der Waals surface area (Å²) < 4.78 is 24.2. The highest BCUT2D eigenvalue weighted by Gasteiger charge is 2.23. The molecule has 13 heavy (non-hydrogen) atoms. The lowest BCUT2D eigenvalue weighted by Crippen LogP contribution is -2.23.